The van der Waals surface area contributed by atoms with Crippen molar-refractivity contribution in [3.8, 4) is 0 Å². The maximum absolute atomic E-state index is 10.7. The summed E-state index contributed by atoms with van der Waals surface area (Å²) in [6.07, 6.45) is 1.38. The van der Waals surface area contributed by atoms with Crippen molar-refractivity contribution in [2.45, 2.75) is 13.1 Å². The van der Waals surface area contributed by atoms with E-state index in [2.05, 4.69) is 9.88 Å². The fourth-order valence-corrected chi connectivity index (χ4v) is 2.00. The van der Waals surface area contributed by atoms with Crippen LogP contribution < -0.4 is 0 Å². The van der Waals surface area contributed by atoms with Gasteiger partial charge in [0.1, 0.15) is 0 Å². The van der Waals surface area contributed by atoms with Crippen LogP contribution in [0.4, 0.5) is 0 Å². The molecule has 2 rings (SSSR count). The summed E-state index contributed by atoms with van der Waals surface area (Å²) in [7, 11) is 1.99. The fraction of sp³-hybridized carbons (Fsp3) is 0.200. The highest BCUT2D eigenvalue weighted by atomic mass is 35.5. The highest BCUT2D eigenvalue weighted by Crippen LogP contribution is 2.12. The Balaban J connectivity index is 1.95. The van der Waals surface area contributed by atoms with Gasteiger partial charge < -0.3 is 5.11 Å². The smallest absolute Gasteiger partial charge is 0.337 e. The van der Waals surface area contributed by atoms with Gasteiger partial charge in [-0.3, -0.25) is 9.88 Å². The lowest BCUT2D eigenvalue weighted by atomic mass is 10.2. The van der Waals surface area contributed by atoms with Gasteiger partial charge in [0.25, 0.3) is 0 Å². The SMILES string of the molecule is CN(Cc1ccc(Cl)cc1)Cc1ccc(C(=O)O)cn1. The molecule has 2 aromatic rings. The molecule has 0 atom stereocenters. The summed E-state index contributed by atoms with van der Waals surface area (Å²) in [5.74, 6) is -0.960. The summed E-state index contributed by atoms with van der Waals surface area (Å²) in [6, 6.07) is 11.0. The third-order valence-electron chi connectivity index (χ3n) is 2.87. The Morgan fingerprint density at radius 3 is 2.45 bits per heavy atom. The van der Waals surface area contributed by atoms with Gasteiger partial charge in [0.15, 0.2) is 0 Å². The Kier molecular flexibility index (Phi) is 4.71. The normalized spacial score (nSPS) is 10.8. The predicted molar refractivity (Wildman–Crippen MR) is 77.8 cm³/mol. The van der Waals surface area contributed by atoms with Gasteiger partial charge in [0.2, 0.25) is 0 Å². The van der Waals surface area contributed by atoms with Crippen LogP contribution in [0.25, 0.3) is 0 Å². The van der Waals surface area contributed by atoms with Gasteiger partial charge >= 0.3 is 5.97 Å². The number of carboxylic acids is 1. The van der Waals surface area contributed by atoms with Crippen molar-refractivity contribution in [2.75, 3.05) is 7.05 Å². The molecule has 0 aliphatic rings. The lowest BCUT2D eigenvalue weighted by Gasteiger charge is -2.16. The third kappa shape index (κ3) is 4.05. The Hall–Kier alpha value is -1.91. The van der Waals surface area contributed by atoms with Gasteiger partial charge in [0, 0.05) is 24.3 Å². The number of rotatable bonds is 5. The van der Waals surface area contributed by atoms with E-state index in [1.807, 2.05) is 31.3 Å². The van der Waals surface area contributed by atoms with Gasteiger partial charge in [-0.25, -0.2) is 4.79 Å². The molecule has 0 spiro atoms. The summed E-state index contributed by atoms with van der Waals surface area (Å²) >= 11 is 5.85. The number of pyridine rings is 1. The number of carbonyl (C=O) groups is 1. The second-order valence-corrected chi connectivity index (χ2v) is 5.08. The van der Waals surface area contributed by atoms with Gasteiger partial charge in [0.05, 0.1) is 11.3 Å². The van der Waals surface area contributed by atoms with Crippen LogP contribution in [0.3, 0.4) is 0 Å². The zero-order chi connectivity index (χ0) is 14.5. The van der Waals surface area contributed by atoms with E-state index in [9.17, 15) is 4.79 Å². The maximum Gasteiger partial charge on any atom is 0.337 e. The zero-order valence-electron chi connectivity index (χ0n) is 11.1. The number of aromatic carboxylic acids is 1. The van der Waals surface area contributed by atoms with E-state index in [-0.39, 0.29) is 5.56 Å². The molecule has 1 aromatic carbocycles. The molecule has 0 radical (unpaired) electrons. The van der Waals surface area contributed by atoms with Crippen LogP contribution >= 0.6 is 11.6 Å². The van der Waals surface area contributed by atoms with Crippen molar-refractivity contribution in [1.29, 1.82) is 0 Å². The molecule has 0 aliphatic heterocycles. The molecule has 0 aliphatic carbocycles. The quantitative estimate of drug-likeness (QED) is 0.919. The van der Waals surface area contributed by atoms with Gasteiger partial charge in [-0.05, 0) is 36.9 Å². The van der Waals surface area contributed by atoms with Crippen LogP contribution in [-0.2, 0) is 13.1 Å². The first kappa shape index (κ1) is 14.5. The van der Waals surface area contributed by atoms with E-state index in [4.69, 9.17) is 16.7 Å². The van der Waals surface area contributed by atoms with Crippen molar-refractivity contribution in [3.05, 3.63) is 64.4 Å². The lowest BCUT2D eigenvalue weighted by molar-refractivity contribution is 0.0696. The molecule has 20 heavy (non-hydrogen) atoms. The Morgan fingerprint density at radius 2 is 1.90 bits per heavy atom. The van der Waals surface area contributed by atoms with Gasteiger partial charge in [-0.2, -0.15) is 0 Å². The van der Waals surface area contributed by atoms with E-state index in [1.54, 1.807) is 12.1 Å². The minimum absolute atomic E-state index is 0.203. The number of benzene rings is 1. The molecule has 4 nitrogen and oxygen atoms in total. The second kappa shape index (κ2) is 6.50. The summed E-state index contributed by atoms with van der Waals surface area (Å²) in [5, 5.41) is 9.54. The van der Waals surface area contributed by atoms with E-state index in [0.717, 1.165) is 17.3 Å². The molecule has 0 bridgehead atoms. The van der Waals surface area contributed by atoms with Gasteiger partial charge in [-0.1, -0.05) is 23.7 Å². The van der Waals surface area contributed by atoms with Crippen molar-refractivity contribution in [3.63, 3.8) is 0 Å². The summed E-state index contributed by atoms with van der Waals surface area (Å²) in [4.78, 5) is 17.0. The number of carboxylic acid groups (broad SMARTS) is 1. The molecule has 104 valence electrons. The Bertz CT molecular complexity index is 582. The van der Waals surface area contributed by atoms with Crippen molar-refractivity contribution >= 4 is 17.6 Å². The maximum atomic E-state index is 10.7. The lowest BCUT2D eigenvalue weighted by Crippen LogP contribution is -2.18. The number of nitrogens with zero attached hydrogens (tertiary/aromatic N) is 2. The predicted octanol–water partition coefficient (Wildman–Crippen LogP) is 3.07. The first-order valence-electron chi connectivity index (χ1n) is 6.16. The monoisotopic (exact) mass is 290 g/mol. The Labute approximate surface area is 122 Å². The summed E-state index contributed by atoms with van der Waals surface area (Å²) in [6.45, 7) is 1.43. The van der Waals surface area contributed by atoms with Crippen molar-refractivity contribution in [2.24, 2.45) is 0 Å². The van der Waals surface area contributed by atoms with E-state index in [1.165, 1.54) is 11.8 Å². The summed E-state index contributed by atoms with van der Waals surface area (Å²) < 4.78 is 0. The molecular weight excluding hydrogens is 276 g/mol. The molecule has 1 N–H and O–H groups in total. The molecule has 0 amide bonds. The molecule has 5 heteroatoms. The highest BCUT2D eigenvalue weighted by molar-refractivity contribution is 6.30. The standard InChI is InChI=1S/C15H15ClN2O2/c1-18(9-11-2-5-13(16)6-3-11)10-14-7-4-12(8-17-14)15(19)20/h2-8H,9-10H2,1H3,(H,19,20). The zero-order valence-corrected chi connectivity index (χ0v) is 11.8. The topological polar surface area (TPSA) is 53.4 Å². The minimum Gasteiger partial charge on any atom is -0.478 e. The van der Waals surface area contributed by atoms with Crippen LogP contribution in [0.1, 0.15) is 21.6 Å². The second-order valence-electron chi connectivity index (χ2n) is 4.64. The highest BCUT2D eigenvalue weighted by Gasteiger charge is 2.06. The Morgan fingerprint density at radius 1 is 1.20 bits per heavy atom. The summed E-state index contributed by atoms with van der Waals surface area (Å²) in [5.41, 5.74) is 2.21. The average molecular weight is 291 g/mol. The van der Waals surface area contributed by atoms with E-state index in [0.29, 0.717) is 6.54 Å². The largest absolute Gasteiger partial charge is 0.478 e. The molecule has 1 heterocycles. The minimum atomic E-state index is -0.960. The van der Waals surface area contributed by atoms with Crippen LogP contribution in [0.5, 0.6) is 0 Å². The number of halogens is 1. The molecule has 0 saturated carbocycles. The van der Waals surface area contributed by atoms with Crippen molar-refractivity contribution in [1.82, 2.24) is 9.88 Å². The molecule has 0 saturated heterocycles. The van der Waals surface area contributed by atoms with E-state index >= 15 is 0 Å². The van der Waals surface area contributed by atoms with E-state index < -0.39 is 5.97 Å². The third-order valence-corrected chi connectivity index (χ3v) is 3.12. The molecule has 0 fully saturated rings. The van der Waals surface area contributed by atoms with Crippen LogP contribution in [0, 0.1) is 0 Å². The first-order valence-corrected chi connectivity index (χ1v) is 6.53. The molecule has 1 aromatic heterocycles. The molecular formula is C15H15ClN2O2. The number of hydrogen-bond donors (Lipinski definition) is 1. The fourth-order valence-electron chi connectivity index (χ4n) is 1.88. The average Bonchev–Trinajstić information content (AvgIpc) is 2.42. The van der Waals surface area contributed by atoms with Crippen LogP contribution in [0.2, 0.25) is 5.02 Å². The van der Waals surface area contributed by atoms with Crippen LogP contribution in [-0.4, -0.2) is 28.0 Å². The first-order chi connectivity index (χ1) is 9.54. The van der Waals surface area contributed by atoms with Crippen LogP contribution in [0.15, 0.2) is 42.6 Å². The number of aromatic nitrogens is 1. The van der Waals surface area contributed by atoms with Crippen molar-refractivity contribution < 1.29 is 9.90 Å². The van der Waals surface area contributed by atoms with Gasteiger partial charge in [-0.15, -0.1) is 0 Å². The number of hydrogen-bond acceptors (Lipinski definition) is 3. The molecule has 0 unspecified atom stereocenters.